The van der Waals surface area contributed by atoms with Gasteiger partial charge in [-0.1, -0.05) is 23.7 Å². The SMILES string of the molecule is Cc1nn(Cc2ccc(Cl)cc2)c(C)c1NC(=O)CCn1ncc(I)c1C. The Hall–Kier alpha value is -1.87. The van der Waals surface area contributed by atoms with Crippen molar-refractivity contribution in [3.8, 4) is 0 Å². The van der Waals surface area contributed by atoms with Crippen LogP contribution in [-0.4, -0.2) is 25.5 Å². The molecule has 27 heavy (non-hydrogen) atoms. The van der Waals surface area contributed by atoms with Crippen LogP contribution < -0.4 is 5.32 Å². The number of aromatic nitrogens is 4. The summed E-state index contributed by atoms with van der Waals surface area (Å²) < 4.78 is 4.85. The van der Waals surface area contributed by atoms with Gasteiger partial charge >= 0.3 is 0 Å². The van der Waals surface area contributed by atoms with E-state index < -0.39 is 0 Å². The molecule has 1 aromatic carbocycles. The van der Waals surface area contributed by atoms with Crippen molar-refractivity contribution in [3.05, 3.63) is 61.7 Å². The van der Waals surface area contributed by atoms with Crippen molar-refractivity contribution in [1.82, 2.24) is 19.6 Å². The maximum Gasteiger partial charge on any atom is 0.226 e. The minimum Gasteiger partial charge on any atom is -0.323 e. The Morgan fingerprint density at radius 3 is 2.48 bits per heavy atom. The Morgan fingerprint density at radius 2 is 1.85 bits per heavy atom. The number of anilines is 1. The maximum absolute atomic E-state index is 12.4. The fraction of sp³-hybridized carbons (Fsp3) is 0.316. The molecule has 2 aromatic heterocycles. The number of aryl methyl sites for hydroxylation is 2. The van der Waals surface area contributed by atoms with Crippen LogP contribution in [0.3, 0.4) is 0 Å². The van der Waals surface area contributed by atoms with Gasteiger partial charge in [-0.15, -0.1) is 0 Å². The van der Waals surface area contributed by atoms with Crippen LogP contribution in [0.1, 0.15) is 29.1 Å². The average Bonchev–Trinajstić information content (AvgIpc) is 3.09. The highest BCUT2D eigenvalue weighted by molar-refractivity contribution is 14.1. The van der Waals surface area contributed by atoms with Crippen molar-refractivity contribution < 1.29 is 4.79 Å². The fourth-order valence-corrected chi connectivity index (χ4v) is 3.38. The van der Waals surface area contributed by atoms with Gasteiger partial charge in [0.25, 0.3) is 0 Å². The Kier molecular flexibility index (Phi) is 6.21. The van der Waals surface area contributed by atoms with Gasteiger partial charge in [0.1, 0.15) is 0 Å². The van der Waals surface area contributed by atoms with Crippen LogP contribution in [0.5, 0.6) is 0 Å². The Bertz CT molecular complexity index is 961. The molecule has 0 saturated carbocycles. The van der Waals surface area contributed by atoms with E-state index in [0.29, 0.717) is 24.5 Å². The van der Waals surface area contributed by atoms with Crippen LogP contribution in [0, 0.1) is 24.3 Å². The zero-order chi connectivity index (χ0) is 19.6. The zero-order valence-corrected chi connectivity index (χ0v) is 18.4. The molecular formula is C19H21ClIN5O. The third-order valence-corrected chi connectivity index (χ3v) is 5.80. The first kappa shape index (κ1) is 19.9. The minimum atomic E-state index is -0.0443. The summed E-state index contributed by atoms with van der Waals surface area (Å²) in [5.74, 6) is -0.0443. The Balaban J connectivity index is 1.66. The molecule has 1 N–H and O–H groups in total. The molecule has 0 saturated heterocycles. The van der Waals surface area contributed by atoms with E-state index in [-0.39, 0.29) is 5.91 Å². The number of rotatable bonds is 6. The van der Waals surface area contributed by atoms with Crippen LogP contribution in [0.15, 0.2) is 30.5 Å². The number of amides is 1. The summed E-state index contributed by atoms with van der Waals surface area (Å²) >= 11 is 8.18. The highest BCUT2D eigenvalue weighted by atomic mass is 127. The Labute approximate surface area is 177 Å². The second-order valence-electron chi connectivity index (χ2n) is 6.43. The summed E-state index contributed by atoms with van der Waals surface area (Å²) in [4.78, 5) is 12.4. The van der Waals surface area contributed by atoms with E-state index in [1.807, 2.05) is 60.6 Å². The predicted molar refractivity (Wildman–Crippen MR) is 115 cm³/mol. The van der Waals surface area contributed by atoms with E-state index in [1.165, 1.54) is 0 Å². The molecule has 0 atom stereocenters. The first-order valence-electron chi connectivity index (χ1n) is 8.61. The fourth-order valence-electron chi connectivity index (χ4n) is 2.85. The molecule has 0 aliphatic carbocycles. The van der Waals surface area contributed by atoms with Gasteiger partial charge in [0, 0.05) is 17.1 Å². The normalized spacial score (nSPS) is 11.0. The largest absolute Gasteiger partial charge is 0.323 e. The summed E-state index contributed by atoms with van der Waals surface area (Å²) in [6.45, 7) is 7.05. The number of hydrogen-bond donors (Lipinski definition) is 1. The molecule has 8 heteroatoms. The van der Waals surface area contributed by atoms with Gasteiger partial charge in [-0.25, -0.2) is 0 Å². The third kappa shape index (κ3) is 4.70. The first-order chi connectivity index (χ1) is 12.8. The van der Waals surface area contributed by atoms with Crippen LogP contribution in [0.4, 0.5) is 5.69 Å². The van der Waals surface area contributed by atoms with Crippen molar-refractivity contribution >= 4 is 45.8 Å². The topological polar surface area (TPSA) is 64.7 Å². The standard InChI is InChI=1S/C19H21ClIN5O/c1-12-19(23-18(27)8-9-25-13(2)17(21)10-22-25)14(3)26(24-12)11-15-4-6-16(20)7-5-15/h4-7,10H,8-9,11H2,1-3H3,(H,23,27). The smallest absolute Gasteiger partial charge is 0.226 e. The average molecular weight is 498 g/mol. The highest BCUT2D eigenvalue weighted by Gasteiger charge is 2.15. The monoisotopic (exact) mass is 497 g/mol. The molecule has 0 aliphatic rings. The van der Waals surface area contributed by atoms with Crippen molar-refractivity contribution in [3.63, 3.8) is 0 Å². The highest BCUT2D eigenvalue weighted by Crippen LogP contribution is 2.21. The molecule has 3 rings (SSSR count). The number of benzene rings is 1. The second-order valence-corrected chi connectivity index (χ2v) is 8.03. The lowest BCUT2D eigenvalue weighted by Crippen LogP contribution is -2.16. The van der Waals surface area contributed by atoms with Crippen molar-refractivity contribution in [2.75, 3.05) is 5.32 Å². The number of carbonyl (C=O) groups is 1. The molecule has 1 amide bonds. The van der Waals surface area contributed by atoms with Gasteiger partial charge in [0.15, 0.2) is 0 Å². The molecular weight excluding hydrogens is 477 g/mol. The molecule has 0 aliphatic heterocycles. The summed E-state index contributed by atoms with van der Waals surface area (Å²) in [6, 6.07) is 7.68. The van der Waals surface area contributed by atoms with Crippen LogP contribution in [0.25, 0.3) is 0 Å². The number of nitrogens with zero attached hydrogens (tertiary/aromatic N) is 4. The van der Waals surface area contributed by atoms with E-state index in [2.05, 4.69) is 38.1 Å². The summed E-state index contributed by atoms with van der Waals surface area (Å²) in [7, 11) is 0. The molecule has 0 unspecified atom stereocenters. The maximum atomic E-state index is 12.4. The van der Waals surface area contributed by atoms with Crippen molar-refractivity contribution in [1.29, 1.82) is 0 Å². The summed E-state index contributed by atoms with van der Waals surface area (Å²) in [5, 5.41) is 12.6. The van der Waals surface area contributed by atoms with Crippen molar-refractivity contribution in [2.24, 2.45) is 0 Å². The van der Waals surface area contributed by atoms with E-state index in [4.69, 9.17) is 11.6 Å². The van der Waals surface area contributed by atoms with E-state index in [1.54, 1.807) is 0 Å². The van der Waals surface area contributed by atoms with Gasteiger partial charge in [-0.3, -0.25) is 14.2 Å². The van der Waals surface area contributed by atoms with Gasteiger partial charge < -0.3 is 5.32 Å². The van der Waals surface area contributed by atoms with Gasteiger partial charge in [0.05, 0.1) is 39.9 Å². The summed E-state index contributed by atoms with van der Waals surface area (Å²) in [5.41, 5.74) is 4.69. The predicted octanol–water partition coefficient (Wildman–Crippen LogP) is 4.34. The van der Waals surface area contributed by atoms with Gasteiger partial charge in [0.2, 0.25) is 5.91 Å². The quantitative estimate of drug-likeness (QED) is 0.515. The lowest BCUT2D eigenvalue weighted by molar-refractivity contribution is -0.116. The summed E-state index contributed by atoms with van der Waals surface area (Å²) in [6.07, 6.45) is 2.17. The van der Waals surface area contributed by atoms with Crippen LogP contribution in [-0.2, 0) is 17.9 Å². The molecule has 142 valence electrons. The first-order valence-corrected chi connectivity index (χ1v) is 10.1. The molecule has 2 heterocycles. The number of hydrogen-bond acceptors (Lipinski definition) is 3. The molecule has 0 spiro atoms. The lowest BCUT2D eigenvalue weighted by Gasteiger charge is -2.08. The molecule has 0 radical (unpaired) electrons. The lowest BCUT2D eigenvalue weighted by atomic mass is 10.2. The third-order valence-electron chi connectivity index (χ3n) is 4.49. The van der Waals surface area contributed by atoms with Crippen LogP contribution >= 0.6 is 34.2 Å². The zero-order valence-electron chi connectivity index (χ0n) is 15.5. The Morgan fingerprint density at radius 1 is 1.15 bits per heavy atom. The second kappa shape index (κ2) is 8.43. The number of nitrogens with one attached hydrogen (secondary N) is 1. The molecule has 3 aromatic rings. The van der Waals surface area contributed by atoms with Crippen LogP contribution in [0.2, 0.25) is 5.02 Å². The van der Waals surface area contributed by atoms with E-state index in [9.17, 15) is 4.79 Å². The number of halogens is 2. The van der Waals surface area contributed by atoms with E-state index in [0.717, 1.165) is 31.9 Å². The minimum absolute atomic E-state index is 0.0443. The molecule has 0 fully saturated rings. The number of carbonyl (C=O) groups excluding carboxylic acids is 1. The van der Waals surface area contributed by atoms with Gasteiger partial charge in [-0.05, 0) is 61.1 Å². The van der Waals surface area contributed by atoms with E-state index >= 15 is 0 Å². The molecule has 6 nitrogen and oxygen atoms in total. The van der Waals surface area contributed by atoms with Crippen molar-refractivity contribution in [2.45, 2.75) is 40.3 Å². The van der Waals surface area contributed by atoms with Gasteiger partial charge in [-0.2, -0.15) is 10.2 Å². The molecule has 0 bridgehead atoms.